The molecule has 0 spiro atoms. The minimum atomic E-state index is -0.646. The molecular formula is C13H17F2NO. The van der Waals surface area contributed by atoms with Crippen LogP contribution in [0.25, 0.3) is 0 Å². The summed E-state index contributed by atoms with van der Waals surface area (Å²) < 4.78 is 31.2. The largest absolute Gasteiger partial charge is 0.490 e. The fraction of sp³-hybridized carbons (Fsp3) is 0.538. The van der Waals surface area contributed by atoms with Crippen LogP contribution >= 0.6 is 0 Å². The highest BCUT2D eigenvalue weighted by molar-refractivity contribution is 5.24. The highest BCUT2D eigenvalue weighted by Gasteiger charge is 2.21. The molecule has 0 radical (unpaired) electrons. The third kappa shape index (κ3) is 3.97. The monoisotopic (exact) mass is 241 g/mol. The standard InChI is InChI=1S/C13H17F2NO/c1-9(7-16-11-3-4-11)8-17-13-5-2-10(14)6-12(13)15/h2,5-6,9,11,16H,3-4,7-8H2,1H3. The Morgan fingerprint density at radius 1 is 1.41 bits per heavy atom. The third-order valence-electron chi connectivity index (χ3n) is 2.75. The van der Waals surface area contributed by atoms with Crippen molar-refractivity contribution in [2.24, 2.45) is 5.92 Å². The maximum absolute atomic E-state index is 13.2. The fourth-order valence-electron chi connectivity index (χ4n) is 1.54. The van der Waals surface area contributed by atoms with E-state index in [2.05, 4.69) is 5.32 Å². The van der Waals surface area contributed by atoms with Crippen LogP contribution in [-0.4, -0.2) is 19.2 Å². The van der Waals surface area contributed by atoms with Crippen molar-refractivity contribution in [2.45, 2.75) is 25.8 Å². The lowest BCUT2D eigenvalue weighted by atomic mass is 10.2. The van der Waals surface area contributed by atoms with Gasteiger partial charge in [0.1, 0.15) is 5.82 Å². The molecule has 2 nitrogen and oxygen atoms in total. The summed E-state index contributed by atoms with van der Waals surface area (Å²) in [7, 11) is 0. The second kappa shape index (κ2) is 5.45. The minimum Gasteiger partial charge on any atom is -0.490 e. The minimum absolute atomic E-state index is 0.115. The molecule has 0 amide bonds. The van der Waals surface area contributed by atoms with Crippen molar-refractivity contribution in [3.8, 4) is 5.75 Å². The van der Waals surface area contributed by atoms with Crippen molar-refractivity contribution in [1.29, 1.82) is 0 Å². The number of ether oxygens (including phenoxy) is 1. The quantitative estimate of drug-likeness (QED) is 0.826. The van der Waals surface area contributed by atoms with Crippen LogP contribution in [0.15, 0.2) is 18.2 Å². The Morgan fingerprint density at radius 3 is 2.82 bits per heavy atom. The van der Waals surface area contributed by atoms with Gasteiger partial charge < -0.3 is 10.1 Å². The van der Waals surface area contributed by atoms with Gasteiger partial charge >= 0.3 is 0 Å². The number of rotatable bonds is 6. The first-order valence-corrected chi connectivity index (χ1v) is 5.96. The smallest absolute Gasteiger partial charge is 0.167 e. The molecular weight excluding hydrogens is 224 g/mol. The molecule has 17 heavy (non-hydrogen) atoms. The van der Waals surface area contributed by atoms with Gasteiger partial charge in [-0.25, -0.2) is 8.78 Å². The lowest BCUT2D eigenvalue weighted by molar-refractivity contribution is 0.245. The summed E-state index contributed by atoms with van der Waals surface area (Å²) in [4.78, 5) is 0. The lowest BCUT2D eigenvalue weighted by Crippen LogP contribution is -2.26. The first-order chi connectivity index (χ1) is 8.15. The fourth-order valence-corrected chi connectivity index (χ4v) is 1.54. The van der Waals surface area contributed by atoms with Gasteiger partial charge in [0, 0.05) is 24.6 Å². The molecule has 0 bridgehead atoms. The number of benzene rings is 1. The number of hydrogen-bond acceptors (Lipinski definition) is 2. The molecule has 1 aliphatic carbocycles. The van der Waals surface area contributed by atoms with Crippen molar-refractivity contribution in [1.82, 2.24) is 5.32 Å². The molecule has 1 aromatic rings. The van der Waals surface area contributed by atoms with Gasteiger partial charge in [-0.3, -0.25) is 0 Å². The maximum Gasteiger partial charge on any atom is 0.167 e. The van der Waals surface area contributed by atoms with E-state index in [9.17, 15) is 8.78 Å². The number of nitrogens with one attached hydrogen (secondary N) is 1. The van der Waals surface area contributed by atoms with Gasteiger partial charge in [0.15, 0.2) is 11.6 Å². The molecule has 0 aromatic heterocycles. The van der Waals surface area contributed by atoms with Crippen LogP contribution in [0.4, 0.5) is 8.78 Å². The molecule has 0 saturated heterocycles. The average molecular weight is 241 g/mol. The Balaban J connectivity index is 1.75. The van der Waals surface area contributed by atoms with Crippen molar-refractivity contribution in [3.63, 3.8) is 0 Å². The summed E-state index contributed by atoms with van der Waals surface area (Å²) in [6.07, 6.45) is 2.50. The van der Waals surface area contributed by atoms with Crippen molar-refractivity contribution < 1.29 is 13.5 Å². The topological polar surface area (TPSA) is 21.3 Å². The van der Waals surface area contributed by atoms with E-state index in [4.69, 9.17) is 4.74 Å². The molecule has 1 saturated carbocycles. The molecule has 1 unspecified atom stereocenters. The molecule has 1 aromatic carbocycles. The van der Waals surface area contributed by atoms with Crippen LogP contribution in [0.1, 0.15) is 19.8 Å². The van der Waals surface area contributed by atoms with Crippen LogP contribution in [-0.2, 0) is 0 Å². The molecule has 94 valence electrons. The zero-order valence-corrected chi connectivity index (χ0v) is 9.88. The van der Waals surface area contributed by atoms with Gasteiger partial charge in [-0.2, -0.15) is 0 Å². The highest BCUT2D eigenvalue weighted by atomic mass is 19.1. The Bertz CT molecular complexity index is 380. The zero-order valence-electron chi connectivity index (χ0n) is 9.88. The van der Waals surface area contributed by atoms with E-state index in [-0.39, 0.29) is 5.75 Å². The third-order valence-corrected chi connectivity index (χ3v) is 2.75. The SMILES string of the molecule is CC(CNC1CC1)COc1ccc(F)cc1F. The Morgan fingerprint density at radius 2 is 2.18 bits per heavy atom. The van der Waals surface area contributed by atoms with Crippen LogP contribution in [0.5, 0.6) is 5.75 Å². The molecule has 0 aliphatic heterocycles. The van der Waals surface area contributed by atoms with Gasteiger partial charge in [-0.1, -0.05) is 6.92 Å². The molecule has 4 heteroatoms. The molecule has 1 atom stereocenters. The van der Waals surface area contributed by atoms with E-state index in [0.717, 1.165) is 12.6 Å². The van der Waals surface area contributed by atoms with Crippen LogP contribution in [0.2, 0.25) is 0 Å². The molecule has 1 aliphatic rings. The first kappa shape index (κ1) is 12.3. The summed E-state index contributed by atoms with van der Waals surface area (Å²) in [5, 5.41) is 3.38. The predicted molar refractivity (Wildman–Crippen MR) is 62.0 cm³/mol. The Hall–Kier alpha value is -1.16. The van der Waals surface area contributed by atoms with E-state index < -0.39 is 11.6 Å². The lowest BCUT2D eigenvalue weighted by Gasteiger charge is -2.14. The van der Waals surface area contributed by atoms with Crippen LogP contribution in [0.3, 0.4) is 0 Å². The second-order valence-corrected chi connectivity index (χ2v) is 4.67. The predicted octanol–water partition coefficient (Wildman–Crippen LogP) is 2.73. The number of halogens is 2. The van der Waals surface area contributed by atoms with Crippen molar-refractivity contribution >= 4 is 0 Å². The van der Waals surface area contributed by atoms with E-state index in [1.807, 2.05) is 6.92 Å². The first-order valence-electron chi connectivity index (χ1n) is 5.96. The normalized spacial score (nSPS) is 16.9. The highest BCUT2D eigenvalue weighted by Crippen LogP contribution is 2.20. The van der Waals surface area contributed by atoms with Gasteiger partial charge in [0.25, 0.3) is 0 Å². The summed E-state index contributed by atoms with van der Waals surface area (Å²) in [5.74, 6) is -0.810. The Labute approximate surface area is 100.0 Å². The summed E-state index contributed by atoms with van der Waals surface area (Å²) in [5.41, 5.74) is 0. The van der Waals surface area contributed by atoms with E-state index in [1.54, 1.807) is 0 Å². The van der Waals surface area contributed by atoms with Gasteiger partial charge in [-0.05, 0) is 25.0 Å². The van der Waals surface area contributed by atoms with E-state index >= 15 is 0 Å². The van der Waals surface area contributed by atoms with Gasteiger partial charge in [0.2, 0.25) is 0 Å². The molecule has 1 fully saturated rings. The second-order valence-electron chi connectivity index (χ2n) is 4.67. The van der Waals surface area contributed by atoms with Crippen LogP contribution < -0.4 is 10.1 Å². The summed E-state index contributed by atoms with van der Waals surface area (Å²) in [6.45, 7) is 3.34. The average Bonchev–Trinajstić information content (AvgIpc) is 3.09. The summed E-state index contributed by atoms with van der Waals surface area (Å²) >= 11 is 0. The molecule has 2 rings (SSSR count). The summed E-state index contributed by atoms with van der Waals surface area (Å²) in [6, 6.07) is 4.03. The van der Waals surface area contributed by atoms with Crippen LogP contribution in [0, 0.1) is 17.6 Å². The van der Waals surface area contributed by atoms with E-state index in [0.29, 0.717) is 18.6 Å². The Kier molecular flexibility index (Phi) is 3.94. The molecule has 0 heterocycles. The van der Waals surface area contributed by atoms with Gasteiger partial charge in [-0.15, -0.1) is 0 Å². The van der Waals surface area contributed by atoms with Crippen molar-refractivity contribution in [3.05, 3.63) is 29.8 Å². The maximum atomic E-state index is 13.2. The number of hydrogen-bond donors (Lipinski definition) is 1. The zero-order chi connectivity index (χ0) is 12.3. The van der Waals surface area contributed by atoms with E-state index in [1.165, 1.54) is 25.0 Å². The molecule has 1 N–H and O–H groups in total. The van der Waals surface area contributed by atoms with Gasteiger partial charge in [0.05, 0.1) is 6.61 Å². The van der Waals surface area contributed by atoms with Crippen molar-refractivity contribution in [2.75, 3.05) is 13.2 Å².